The Balaban J connectivity index is 1.32. The molecule has 4 aromatic rings. The van der Waals surface area contributed by atoms with Crippen LogP contribution < -0.4 is 10.9 Å². The van der Waals surface area contributed by atoms with Crippen molar-refractivity contribution in [1.29, 1.82) is 0 Å². The standard InChI is InChI=1S/C21H20N4O2/c26-20(10-9-15-13-23-18-7-3-1-5-16(15)18)22-11-12-25-14-24-19-8-4-2-6-17(19)21(25)27/h1-8,13-14,23H,9-12H2,(H,22,26). The van der Waals surface area contributed by atoms with E-state index in [1.165, 1.54) is 10.9 Å². The van der Waals surface area contributed by atoms with Crippen LogP contribution in [0.1, 0.15) is 12.0 Å². The lowest BCUT2D eigenvalue weighted by Crippen LogP contribution is -2.31. The molecule has 2 aromatic heterocycles. The number of fused-ring (bicyclic) bond motifs is 2. The highest BCUT2D eigenvalue weighted by Crippen LogP contribution is 2.18. The van der Waals surface area contributed by atoms with E-state index in [0.717, 1.165) is 16.5 Å². The molecule has 0 atom stereocenters. The van der Waals surface area contributed by atoms with Crippen LogP contribution in [0.3, 0.4) is 0 Å². The van der Waals surface area contributed by atoms with Gasteiger partial charge < -0.3 is 10.3 Å². The van der Waals surface area contributed by atoms with Gasteiger partial charge in [-0.05, 0) is 30.2 Å². The van der Waals surface area contributed by atoms with Gasteiger partial charge in [0, 0.05) is 36.6 Å². The van der Waals surface area contributed by atoms with Gasteiger partial charge in [0.05, 0.1) is 17.2 Å². The molecule has 1 amide bonds. The summed E-state index contributed by atoms with van der Waals surface area (Å²) >= 11 is 0. The molecule has 0 saturated carbocycles. The van der Waals surface area contributed by atoms with E-state index in [4.69, 9.17) is 0 Å². The van der Waals surface area contributed by atoms with Crippen LogP contribution in [0.5, 0.6) is 0 Å². The van der Waals surface area contributed by atoms with Crippen molar-refractivity contribution in [2.45, 2.75) is 19.4 Å². The Morgan fingerprint density at radius 2 is 1.85 bits per heavy atom. The molecule has 0 aliphatic heterocycles. The van der Waals surface area contributed by atoms with Gasteiger partial charge in [0.1, 0.15) is 0 Å². The molecule has 6 nitrogen and oxygen atoms in total. The van der Waals surface area contributed by atoms with Crippen molar-refractivity contribution in [3.8, 4) is 0 Å². The quantitative estimate of drug-likeness (QED) is 0.555. The first-order chi connectivity index (χ1) is 13.2. The number of benzene rings is 2. The van der Waals surface area contributed by atoms with E-state index < -0.39 is 0 Å². The Bertz CT molecular complexity index is 1160. The molecule has 0 aliphatic carbocycles. The molecule has 0 spiro atoms. The predicted octanol–water partition coefficient (Wildman–Crippen LogP) is 2.63. The smallest absolute Gasteiger partial charge is 0.261 e. The molecular formula is C21H20N4O2. The van der Waals surface area contributed by atoms with Gasteiger partial charge in [-0.2, -0.15) is 0 Å². The molecule has 4 rings (SSSR count). The summed E-state index contributed by atoms with van der Waals surface area (Å²) in [5, 5.41) is 4.62. The van der Waals surface area contributed by atoms with Crippen LogP contribution >= 0.6 is 0 Å². The van der Waals surface area contributed by atoms with Gasteiger partial charge >= 0.3 is 0 Å². The van der Waals surface area contributed by atoms with Crippen LogP contribution in [0, 0.1) is 0 Å². The number of aromatic amines is 1. The third kappa shape index (κ3) is 3.60. The van der Waals surface area contributed by atoms with E-state index in [2.05, 4.69) is 21.4 Å². The van der Waals surface area contributed by atoms with E-state index in [1.54, 1.807) is 6.07 Å². The first-order valence-corrected chi connectivity index (χ1v) is 8.98. The first kappa shape index (κ1) is 17.0. The second-order valence-electron chi connectivity index (χ2n) is 6.47. The fraction of sp³-hybridized carbons (Fsp3) is 0.190. The molecule has 2 N–H and O–H groups in total. The lowest BCUT2D eigenvalue weighted by Gasteiger charge is -2.08. The maximum atomic E-state index is 12.4. The molecule has 0 saturated heterocycles. The number of aryl methyl sites for hydroxylation is 1. The van der Waals surface area contributed by atoms with Crippen LogP contribution in [0.2, 0.25) is 0 Å². The van der Waals surface area contributed by atoms with Crippen LogP contribution in [-0.4, -0.2) is 27.0 Å². The van der Waals surface area contributed by atoms with E-state index in [0.29, 0.717) is 36.8 Å². The maximum absolute atomic E-state index is 12.4. The Hall–Kier alpha value is -3.41. The highest BCUT2D eigenvalue weighted by molar-refractivity contribution is 5.84. The lowest BCUT2D eigenvalue weighted by molar-refractivity contribution is -0.121. The number of nitrogens with zero attached hydrogens (tertiary/aromatic N) is 2. The summed E-state index contributed by atoms with van der Waals surface area (Å²) in [6, 6.07) is 15.3. The summed E-state index contributed by atoms with van der Waals surface area (Å²) in [5.74, 6) is -0.0259. The number of hydrogen-bond acceptors (Lipinski definition) is 3. The summed E-state index contributed by atoms with van der Waals surface area (Å²) in [5.41, 5.74) is 2.81. The van der Waals surface area contributed by atoms with Crippen molar-refractivity contribution < 1.29 is 4.79 Å². The summed E-state index contributed by atoms with van der Waals surface area (Å²) < 4.78 is 1.53. The monoisotopic (exact) mass is 360 g/mol. The Labute approximate surface area is 155 Å². The van der Waals surface area contributed by atoms with Crippen LogP contribution in [0.15, 0.2) is 65.8 Å². The van der Waals surface area contributed by atoms with Crippen molar-refractivity contribution in [1.82, 2.24) is 19.9 Å². The van der Waals surface area contributed by atoms with Gasteiger partial charge in [-0.15, -0.1) is 0 Å². The van der Waals surface area contributed by atoms with Crippen molar-refractivity contribution in [3.05, 3.63) is 77.0 Å². The first-order valence-electron chi connectivity index (χ1n) is 8.98. The Morgan fingerprint density at radius 3 is 2.74 bits per heavy atom. The van der Waals surface area contributed by atoms with Gasteiger partial charge in [0.25, 0.3) is 5.56 Å². The number of aromatic nitrogens is 3. The molecular weight excluding hydrogens is 340 g/mol. The molecule has 0 unspecified atom stereocenters. The number of nitrogens with one attached hydrogen (secondary N) is 2. The third-order valence-electron chi connectivity index (χ3n) is 4.70. The fourth-order valence-electron chi connectivity index (χ4n) is 3.26. The molecule has 0 radical (unpaired) electrons. The molecule has 136 valence electrons. The van der Waals surface area contributed by atoms with Crippen molar-refractivity contribution in [2.24, 2.45) is 0 Å². The zero-order chi connectivity index (χ0) is 18.6. The van der Waals surface area contributed by atoms with Gasteiger partial charge in [-0.3, -0.25) is 14.2 Å². The number of carbonyl (C=O) groups excluding carboxylic acids is 1. The minimum Gasteiger partial charge on any atom is -0.361 e. The minimum absolute atomic E-state index is 0.0259. The zero-order valence-corrected chi connectivity index (χ0v) is 14.8. The van der Waals surface area contributed by atoms with E-state index in [9.17, 15) is 9.59 Å². The highest BCUT2D eigenvalue weighted by Gasteiger charge is 2.07. The van der Waals surface area contributed by atoms with Gasteiger partial charge in [0.15, 0.2) is 0 Å². The fourth-order valence-corrected chi connectivity index (χ4v) is 3.26. The predicted molar refractivity (Wildman–Crippen MR) is 106 cm³/mol. The van der Waals surface area contributed by atoms with Crippen LogP contribution in [0.4, 0.5) is 0 Å². The van der Waals surface area contributed by atoms with Crippen molar-refractivity contribution >= 4 is 27.7 Å². The van der Waals surface area contributed by atoms with Crippen LogP contribution in [0.25, 0.3) is 21.8 Å². The number of rotatable bonds is 6. The topological polar surface area (TPSA) is 79.8 Å². The molecule has 2 heterocycles. The van der Waals surface area contributed by atoms with E-state index in [-0.39, 0.29) is 11.5 Å². The molecule has 2 aromatic carbocycles. The number of hydrogen-bond donors (Lipinski definition) is 2. The lowest BCUT2D eigenvalue weighted by atomic mass is 10.1. The number of amides is 1. The normalized spacial score (nSPS) is 11.1. The Kier molecular flexibility index (Phi) is 4.70. The number of para-hydroxylation sites is 2. The molecule has 27 heavy (non-hydrogen) atoms. The zero-order valence-electron chi connectivity index (χ0n) is 14.8. The second-order valence-corrected chi connectivity index (χ2v) is 6.47. The molecule has 0 aliphatic rings. The number of H-pyrrole nitrogens is 1. The molecule has 0 bridgehead atoms. The SMILES string of the molecule is O=C(CCc1c[nH]c2ccccc12)NCCn1cnc2ccccc2c1=O. The van der Waals surface area contributed by atoms with Gasteiger partial charge in [-0.1, -0.05) is 30.3 Å². The van der Waals surface area contributed by atoms with Crippen molar-refractivity contribution in [3.63, 3.8) is 0 Å². The summed E-state index contributed by atoms with van der Waals surface area (Å²) in [6.07, 6.45) is 4.57. The van der Waals surface area contributed by atoms with Gasteiger partial charge in [-0.25, -0.2) is 4.98 Å². The van der Waals surface area contributed by atoms with E-state index in [1.807, 2.05) is 42.6 Å². The van der Waals surface area contributed by atoms with E-state index >= 15 is 0 Å². The highest BCUT2D eigenvalue weighted by atomic mass is 16.1. The third-order valence-corrected chi connectivity index (χ3v) is 4.70. The van der Waals surface area contributed by atoms with Crippen molar-refractivity contribution in [2.75, 3.05) is 6.54 Å². The minimum atomic E-state index is -0.0892. The van der Waals surface area contributed by atoms with Gasteiger partial charge in [0.2, 0.25) is 5.91 Å². The van der Waals surface area contributed by atoms with Crippen LogP contribution in [-0.2, 0) is 17.8 Å². The molecule has 0 fully saturated rings. The second kappa shape index (κ2) is 7.45. The largest absolute Gasteiger partial charge is 0.361 e. The summed E-state index contributed by atoms with van der Waals surface area (Å²) in [6.45, 7) is 0.794. The summed E-state index contributed by atoms with van der Waals surface area (Å²) in [7, 11) is 0. The maximum Gasteiger partial charge on any atom is 0.261 e. The molecule has 6 heteroatoms. The average molecular weight is 360 g/mol. The Morgan fingerprint density at radius 1 is 1.07 bits per heavy atom. The number of carbonyl (C=O) groups is 1. The summed E-state index contributed by atoms with van der Waals surface area (Å²) in [4.78, 5) is 32.1. The average Bonchev–Trinajstić information content (AvgIpc) is 3.11.